The van der Waals surface area contributed by atoms with Gasteiger partial charge in [-0.05, 0) is 68.1 Å². The molecule has 3 rings (SSSR count). The number of methoxy groups -OCH3 is 2. The number of halogens is 1. The van der Waals surface area contributed by atoms with Crippen molar-refractivity contribution < 1.29 is 23.8 Å². The molecule has 1 saturated heterocycles. The van der Waals surface area contributed by atoms with Crippen molar-refractivity contribution in [3.8, 4) is 17.2 Å². The Morgan fingerprint density at radius 1 is 1.03 bits per heavy atom. The monoisotopic (exact) mass is 460 g/mol. The summed E-state index contributed by atoms with van der Waals surface area (Å²) in [7, 11) is 3.10. The maximum absolute atomic E-state index is 12.8. The molecular formula is C24H29ClN2O5. The summed E-state index contributed by atoms with van der Waals surface area (Å²) in [6.45, 7) is 4.87. The lowest BCUT2D eigenvalue weighted by atomic mass is 10.0. The third-order valence-corrected chi connectivity index (χ3v) is 6.15. The third-order valence-electron chi connectivity index (χ3n) is 5.56. The highest BCUT2D eigenvalue weighted by molar-refractivity contribution is 6.32. The molecule has 2 aromatic rings. The first-order valence-corrected chi connectivity index (χ1v) is 10.9. The normalized spacial score (nSPS) is 14.1. The molecule has 0 aliphatic carbocycles. The molecule has 1 aliphatic rings. The molecule has 2 amide bonds. The van der Waals surface area contributed by atoms with Crippen LogP contribution in [0.1, 0.15) is 34.3 Å². The summed E-state index contributed by atoms with van der Waals surface area (Å²) >= 11 is 6.17. The van der Waals surface area contributed by atoms with Gasteiger partial charge in [0.1, 0.15) is 5.75 Å². The number of benzene rings is 2. The molecule has 0 aromatic heterocycles. The highest BCUT2D eigenvalue weighted by atomic mass is 35.5. The molecule has 172 valence electrons. The van der Waals surface area contributed by atoms with Crippen LogP contribution >= 0.6 is 11.6 Å². The third kappa shape index (κ3) is 5.65. The average molecular weight is 461 g/mol. The van der Waals surface area contributed by atoms with Crippen molar-refractivity contribution in [3.63, 3.8) is 0 Å². The van der Waals surface area contributed by atoms with Gasteiger partial charge < -0.3 is 24.4 Å². The fourth-order valence-corrected chi connectivity index (χ4v) is 3.90. The van der Waals surface area contributed by atoms with Gasteiger partial charge >= 0.3 is 0 Å². The van der Waals surface area contributed by atoms with E-state index in [2.05, 4.69) is 5.32 Å². The number of aryl methyl sites for hydroxylation is 2. The fourth-order valence-electron chi connectivity index (χ4n) is 3.79. The van der Waals surface area contributed by atoms with Gasteiger partial charge in [0.25, 0.3) is 11.8 Å². The minimum Gasteiger partial charge on any atom is -0.493 e. The molecule has 0 radical (unpaired) electrons. The van der Waals surface area contributed by atoms with Crippen LogP contribution in [0.25, 0.3) is 0 Å². The summed E-state index contributed by atoms with van der Waals surface area (Å²) in [6.07, 6.45) is 1.37. The Kier molecular flexibility index (Phi) is 7.85. The Morgan fingerprint density at radius 2 is 1.66 bits per heavy atom. The standard InChI is InChI=1S/C24H29ClN2O5/c1-15-11-19(12-16(2)23(15)25)32-14-22(28)26-18-7-9-27(10-8-18)24(29)17-5-6-20(30-3)21(13-17)31-4/h5-6,11-13,18H,7-10,14H2,1-4H3,(H,26,28). The fraction of sp³-hybridized carbons (Fsp3) is 0.417. The predicted molar refractivity (Wildman–Crippen MR) is 123 cm³/mol. The van der Waals surface area contributed by atoms with Gasteiger partial charge in [0.05, 0.1) is 14.2 Å². The second kappa shape index (κ2) is 10.6. The average Bonchev–Trinajstić information content (AvgIpc) is 2.80. The number of ether oxygens (including phenoxy) is 3. The molecule has 8 heteroatoms. The summed E-state index contributed by atoms with van der Waals surface area (Å²) in [5.74, 6) is 1.48. The zero-order chi connectivity index (χ0) is 23.3. The molecule has 32 heavy (non-hydrogen) atoms. The minimum absolute atomic E-state index is 0.00856. The molecule has 0 atom stereocenters. The lowest BCUT2D eigenvalue weighted by molar-refractivity contribution is -0.124. The van der Waals surface area contributed by atoms with Gasteiger partial charge in [0.15, 0.2) is 18.1 Å². The minimum atomic E-state index is -0.181. The first kappa shape index (κ1) is 23.7. The van der Waals surface area contributed by atoms with E-state index in [0.29, 0.717) is 53.8 Å². The largest absolute Gasteiger partial charge is 0.493 e. The number of carbonyl (C=O) groups excluding carboxylic acids is 2. The number of likely N-dealkylation sites (tertiary alicyclic amines) is 1. The number of carbonyl (C=O) groups is 2. The van der Waals surface area contributed by atoms with Gasteiger partial charge in [-0.1, -0.05) is 11.6 Å². The van der Waals surface area contributed by atoms with Crippen molar-refractivity contribution in [3.05, 3.63) is 52.0 Å². The van der Waals surface area contributed by atoms with Crippen LogP contribution < -0.4 is 19.5 Å². The number of hydrogen-bond donors (Lipinski definition) is 1. The van der Waals surface area contributed by atoms with Gasteiger partial charge in [-0.15, -0.1) is 0 Å². The quantitative estimate of drug-likeness (QED) is 0.680. The Labute approximate surface area is 193 Å². The van der Waals surface area contributed by atoms with Crippen molar-refractivity contribution in [1.29, 1.82) is 0 Å². The lowest BCUT2D eigenvalue weighted by Gasteiger charge is -2.32. The van der Waals surface area contributed by atoms with E-state index in [0.717, 1.165) is 11.1 Å². The lowest BCUT2D eigenvalue weighted by Crippen LogP contribution is -2.47. The summed E-state index contributed by atoms with van der Waals surface area (Å²) in [5, 5.41) is 3.70. The van der Waals surface area contributed by atoms with Crippen LogP contribution in [0.2, 0.25) is 5.02 Å². The molecule has 7 nitrogen and oxygen atoms in total. The zero-order valence-corrected chi connectivity index (χ0v) is 19.6. The molecule has 0 unspecified atom stereocenters. The van der Waals surface area contributed by atoms with Crippen molar-refractivity contribution in [1.82, 2.24) is 10.2 Å². The van der Waals surface area contributed by atoms with E-state index < -0.39 is 0 Å². The van der Waals surface area contributed by atoms with E-state index in [1.807, 2.05) is 26.0 Å². The Bertz CT molecular complexity index is 963. The summed E-state index contributed by atoms with van der Waals surface area (Å²) in [5.41, 5.74) is 2.37. The van der Waals surface area contributed by atoms with E-state index in [1.165, 1.54) is 0 Å². The molecule has 1 N–H and O–H groups in total. The predicted octanol–water partition coefficient (Wildman–Crippen LogP) is 3.77. The number of hydrogen-bond acceptors (Lipinski definition) is 5. The second-order valence-electron chi connectivity index (χ2n) is 7.86. The number of nitrogens with one attached hydrogen (secondary N) is 1. The molecule has 0 spiro atoms. The highest BCUT2D eigenvalue weighted by Crippen LogP contribution is 2.29. The molecule has 0 bridgehead atoms. The number of nitrogens with zero attached hydrogens (tertiary/aromatic N) is 1. The van der Waals surface area contributed by atoms with Crippen LogP contribution in [0.15, 0.2) is 30.3 Å². The Balaban J connectivity index is 1.48. The van der Waals surface area contributed by atoms with E-state index in [-0.39, 0.29) is 24.5 Å². The molecular weight excluding hydrogens is 432 g/mol. The first-order chi connectivity index (χ1) is 15.3. The molecule has 2 aromatic carbocycles. The van der Waals surface area contributed by atoms with Crippen LogP contribution in [0.4, 0.5) is 0 Å². The molecule has 1 aliphatic heterocycles. The maximum Gasteiger partial charge on any atom is 0.258 e. The topological polar surface area (TPSA) is 77.1 Å². The van der Waals surface area contributed by atoms with Crippen molar-refractivity contribution in [2.45, 2.75) is 32.7 Å². The van der Waals surface area contributed by atoms with Crippen molar-refractivity contribution in [2.24, 2.45) is 0 Å². The first-order valence-electron chi connectivity index (χ1n) is 10.5. The highest BCUT2D eigenvalue weighted by Gasteiger charge is 2.25. The van der Waals surface area contributed by atoms with Gasteiger partial charge in [-0.25, -0.2) is 0 Å². The van der Waals surface area contributed by atoms with Gasteiger partial charge in [-0.3, -0.25) is 9.59 Å². The number of rotatable bonds is 7. The summed E-state index contributed by atoms with van der Waals surface area (Å²) in [6, 6.07) is 8.79. The van der Waals surface area contributed by atoms with Crippen LogP contribution in [0.3, 0.4) is 0 Å². The molecule has 1 fully saturated rings. The Hall–Kier alpha value is -2.93. The smallest absolute Gasteiger partial charge is 0.258 e. The van der Waals surface area contributed by atoms with Crippen molar-refractivity contribution in [2.75, 3.05) is 33.9 Å². The molecule has 1 heterocycles. The van der Waals surface area contributed by atoms with E-state index in [4.69, 9.17) is 25.8 Å². The van der Waals surface area contributed by atoms with Gasteiger partial charge in [-0.2, -0.15) is 0 Å². The van der Waals surface area contributed by atoms with Crippen molar-refractivity contribution >= 4 is 23.4 Å². The van der Waals surface area contributed by atoms with E-state index in [9.17, 15) is 9.59 Å². The Morgan fingerprint density at radius 3 is 2.25 bits per heavy atom. The van der Waals surface area contributed by atoms with Gasteiger partial charge in [0.2, 0.25) is 0 Å². The zero-order valence-electron chi connectivity index (χ0n) is 18.9. The van der Waals surface area contributed by atoms with Crippen LogP contribution in [0.5, 0.6) is 17.2 Å². The van der Waals surface area contributed by atoms with Crippen LogP contribution in [-0.4, -0.2) is 56.7 Å². The van der Waals surface area contributed by atoms with E-state index >= 15 is 0 Å². The number of piperidine rings is 1. The summed E-state index contributed by atoms with van der Waals surface area (Å²) < 4.78 is 16.1. The van der Waals surface area contributed by atoms with Gasteiger partial charge in [0, 0.05) is 29.7 Å². The maximum atomic E-state index is 12.8. The van der Waals surface area contributed by atoms with E-state index in [1.54, 1.807) is 37.3 Å². The van der Waals surface area contributed by atoms with Crippen LogP contribution in [0, 0.1) is 13.8 Å². The van der Waals surface area contributed by atoms with Crippen LogP contribution in [-0.2, 0) is 4.79 Å². The molecule has 0 saturated carbocycles. The number of amides is 2. The second-order valence-corrected chi connectivity index (χ2v) is 8.24. The SMILES string of the molecule is COc1ccc(C(=O)N2CCC(NC(=O)COc3cc(C)c(Cl)c(C)c3)CC2)cc1OC. The summed E-state index contributed by atoms with van der Waals surface area (Å²) in [4.78, 5) is 27.0.